The highest BCUT2D eigenvalue weighted by molar-refractivity contribution is 7.09. The lowest BCUT2D eigenvalue weighted by atomic mass is 10.1. The van der Waals surface area contributed by atoms with Gasteiger partial charge in [0.05, 0.1) is 12.5 Å². The molecule has 2 saturated heterocycles. The van der Waals surface area contributed by atoms with Crippen molar-refractivity contribution in [1.82, 2.24) is 15.1 Å². The van der Waals surface area contributed by atoms with Crippen LogP contribution in [-0.4, -0.2) is 66.9 Å². The Labute approximate surface area is 169 Å². The Kier molecular flexibility index (Phi) is 5.92. The van der Waals surface area contributed by atoms with Crippen molar-refractivity contribution in [3.05, 3.63) is 52.7 Å². The van der Waals surface area contributed by atoms with Gasteiger partial charge in [0, 0.05) is 56.4 Å². The van der Waals surface area contributed by atoms with Crippen molar-refractivity contribution in [3.63, 3.8) is 0 Å². The minimum absolute atomic E-state index is 0.0286. The average molecular weight is 399 g/mol. The van der Waals surface area contributed by atoms with Crippen LogP contribution in [0.3, 0.4) is 0 Å². The largest absolute Gasteiger partial charge is 0.368 e. The second-order valence-electron chi connectivity index (χ2n) is 7.26. The fraction of sp³-hybridized carbons (Fsp3) is 0.429. The standard InChI is InChI=1S/C21H26N4O2S/c26-20(24-12-10-23(11-13-24)17-5-2-1-3-6-17)15-19-21(27)22-8-9-25(19)16-18-7-4-14-28-18/h1-7,14,19H,8-13,15-16H2,(H,22,27). The van der Waals surface area contributed by atoms with Gasteiger partial charge < -0.3 is 15.1 Å². The van der Waals surface area contributed by atoms with Crippen LogP contribution < -0.4 is 10.2 Å². The van der Waals surface area contributed by atoms with Crippen LogP contribution in [0.5, 0.6) is 0 Å². The maximum absolute atomic E-state index is 12.9. The molecule has 1 atom stereocenters. The maximum Gasteiger partial charge on any atom is 0.237 e. The minimum Gasteiger partial charge on any atom is -0.368 e. The summed E-state index contributed by atoms with van der Waals surface area (Å²) in [6, 6.07) is 14.0. The first-order valence-corrected chi connectivity index (χ1v) is 10.7. The Balaban J connectivity index is 1.34. The lowest BCUT2D eigenvalue weighted by molar-refractivity contribution is -0.139. The topological polar surface area (TPSA) is 55.9 Å². The number of rotatable bonds is 5. The van der Waals surface area contributed by atoms with E-state index in [-0.39, 0.29) is 24.3 Å². The fourth-order valence-corrected chi connectivity index (χ4v) is 4.65. The molecule has 0 aliphatic carbocycles. The molecule has 0 bridgehead atoms. The number of hydrogen-bond acceptors (Lipinski definition) is 5. The van der Waals surface area contributed by atoms with Gasteiger partial charge in [-0.3, -0.25) is 14.5 Å². The highest BCUT2D eigenvalue weighted by Gasteiger charge is 2.33. The first kappa shape index (κ1) is 19.0. The predicted octanol–water partition coefficient (Wildman–Crippen LogP) is 1.79. The molecular weight excluding hydrogens is 372 g/mol. The molecule has 0 radical (unpaired) electrons. The summed E-state index contributed by atoms with van der Waals surface area (Å²) in [5.74, 6) is 0.0463. The molecule has 6 nitrogen and oxygen atoms in total. The summed E-state index contributed by atoms with van der Waals surface area (Å²) >= 11 is 1.69. The molecule has 1 aromatic heterocycles. The summed E-state index contributed by atoms with van der Waals surface area (Å²) in [6.07, 6.45) is 0.253. The molecule has 4 rings (SSSR count). The lowest BCUT2D eigenvalue weighted by Gasteiger charge is -2.38. The molecule has 0 spiro atoms. The Hall–Kier alpha value is -2.38. The third kappa shape index (κ3) is 4.36. The van der Waals surface area contributed by atoms with Crippen LogP contribution in [-0.2, 0) is 16.1 Å². The molecule has 0 saturated carbocycles. The number of para-hydroxylation sites is 1. The quantitative estimate of drug-likeness (QED) is 0.834. The number of nitrogens with one attached hydrogen (secondary N) is 1. The molecule has 2 aromatic rings. The zero-order valence-corrected chi connectivity index (χ0v) is 16.7. The number of carbonyl (C=O) groups is 2. The number of benzene rings is 1. The Bertz CT molecular complexity index is 788. The molecule has 1 aromatic carbocycles. The smallest absolute Gasteiger partial charge is 0.237 e. The molecule has 2 amide bonds. The highest BCUT2D eigenvalue weighted by Crippen LogP contribution is 2.20. The molecule has 3 heterocycles. The predicted molar refractivity (Wildman–Crippen MR) is 111 cm³/mol. The second-order valence-corrected chi connectivity index (χ2v) is 8.30. The van der Waals surface area contributed by atoms with Gasteiger partial charge >= 0.3 is 0 Å². The van der Waals surface area contributed by atoms with Crippen LogP contribution >= 0.6 is 11.3 Å². The maximum atomic E-state index is 12.9. The molecule has 2 aliphatic rings. The van der Waals surface area contributed by atoms with E-state index in [1.807, 2.05) is 34.5 Å². The Morgan fingerprint density at radius 2 is 1.82 bits per heavy atom. The van der Waals surface area contributed by atoms with Crippen molar-refractivity contribution in [2.45, 2.75) is 19.0 Å². The zero-order chi connectivity index (χ0) is 19.3. The van der Waals surface area contributed by atoms with E-state index in [2.05, 4.69) is 33.3 Å². The van der Waals surface area contributed by atoms with Crippen LogP contribution in [0.4, 0.5) is 5.69 Å². The van der Waals surface area contributed by atoms with E-state index in [1.54, 1.807) is 11.3 Å². The number of nitrogens with zero attached hydrogens (tertiary/aromatic N) is 3. The summed E-state index contributed by atoms with van der Waals surface area (Å²) in [4.78, 5) is 32.9. The van der Waals surface area contributed by atoms with E-state index in [0.717, 1.165) is 26.2 Å². The summed E-state index contributed by atoms with van der Waals surface area (Å²) in [5.41, 5.74) is 1.20. The molecule has 7 heteroatoms. The van der Waals surface area contributed by atoms with Crippen molar-refractivity contribution < 1.29 is 9.59 Å². The van der Waals surface area contributed by atoms with Crippen LogP contribution in [0.25, 0.3) is 0 Å². The zero-order valence-electron chi connectivity index (χ0n) is 15.9. The number of thiophene rings is 1. The van der Waals surface area contributed by atoms with Crippen LogP contribution in [0, 0.1) is 0 Å². The third-order valence-electron chi connectivity index (χ3n) is 5.50. The monoisotopic (exact) mass is 398 g/mol. The van der Waals surface area contributed by atoms with E-state index in [1.165, 1.54) is 10.6 Å². The number of amides is 2. The normalized spacial score (nSPS) is 20.9. The van der Waals surface area contributed by atoms with Gasteiger partial charge in [0.25, 0.3) is 0 Å². The van der Waals surface area contributed by atoms with Crippen molar-refractivity contribution in [1.29, 1.82) is 0 Å². The van der Waals surface area contributed by atoms with E-state index in [0.29, 0.717) is 19.6 Å². The molecule has 148 valence electrons. The third-order valence-corrected chi connectivity index (χ3v) is 6.36. The molecule has 2 fully saturated rings. The fourth-order valence-electron chi connectivity index (χ4n) is 3.92. The van der Waals surface area contributed by atoms with Gasteiger partial charge in [-0.1, -0.05) is 24.3 Å². The highest BCUT2D eigenvalue weighted by atomic mass is 32.1. The molecular formula is C21H26N4O2S. The number of anilines is 1. The van der Waals surface area contributed by atoms with E-state index < -0.39 is 0 Å². The summed E-state index contributed by atoms with van der Waals surface area (Å²) < 4.78 is 0. The van der Waals surface area contributed by atoms with Gasteiger partial charge in [-0.25, -0.2) is 0 Å². The number of piperazine rings is 2. The van der Waals surface area contributed by atoms with Gasteiger partial charge in [0.2, 0.25) is 11.8 Å². The number of carbonyl (C=O) groups excluding carboxylic acids is 2. The first-order chi connectivity index (χ1) is 13.7. The minimum atomic E-state index is -0.379. The van der Waals surface area contributed by atoms with Crippen molar-refractivity contribution in [2.24, 2.45) is 0 Å². The van der Waals surface area contributed by atoms with Gasteiger partial charge in [-0.05, 0) is 23.6 Å². The number of hydrogen-bond donors (Lipinski definition) is 1. The molecule has 2 aliphatic heterocycles. The lowest BCUT2D eigenvalue weighted by Crippen LogP contribution is -2.57. The van der Waals surface area contributed by atoms with Gasteiger partial charge in [0.1, 0.15) is 0 Å². The van der Waals surface area contributed by atoms with Gasteiger partial charge in [-0.2, -0.15) is 0 Å². The van der Waals surface area contributed by atoms with E-state index in [4.69, 9.17) is 0 Å². The van der Waals surface area contributed by atoms with Crippen molar-refractivity contribution >= 4 is 28.8 Å². The first-order valence-electron chi connectivity index (χ1n) is 9.82. The molecule has 28 heavy (non-hydrogen) atoms. The Morgan fingerprint density at radius 1 is 1.04 bits per heavy atom. The summed E-state index contributed by atoms with van der Waals surface area (Å²) in [6.45, 7) is 5.20. The molecule has 1 unspecified atom stereocenters. The molecule has 1 N–H and O–H groups in total. The van der Waals surface area contributed by atoms with Crippen LogP contribution in [0.2, 0.25) is 0 Å². The Morgan fingerprint density at radius 3 is 2.54 bits per heavy atom. The van der Waals surface area contributed by atoms with Gasteiger partial charge in [0.15, 0.2) is 0 Å². The van der Waals surface area contributed by atoms with Crippen LogP contribution in [0.15, 0.2) is 47.8 Å². The van der Waals surface area contributed by atoms with E-state index >= 15 is 0 Å². The van der Waals surface area contributed by atoms with Gasteiger partial charge in [-0.15, -0.1) is 11.3 Å². The van der Waals surface area contributed by atoms with Crippen LogP contribution in [0.1, 0.15) is 11.3 Å². The summed E-state index contributed by atoms with van der Waals surface area (Å²) in [7, 11) is 0. The van der Waals surface area contributed by atoms with Crippen molar-refractivity contribution in [3.8, 4) is 0 Å². The second kappa shape index (κ2) is 8.75. The van der Waals surface area contributed by atoms with Crippen molar-refractivity contribution in [2.75, 3.05) is 44.2 Å². The average Bonchev–Trinajstić information content (AvgIpc) is 3.24. The summed E-state index contributed by atoms with van der Waals surface area (Å²) in [5, 5.41) is 4.97. The van der Waals surface area contributed by atoms with E-state index in [9.17, 15) is 9.59 Å². The SMILES string of the molecule is O=C1NCCN(Cc2cccs2)C1CC(=O)N1CCN(c2ccccc2)CC1.